The van der Waals surface area contributed by atoms with Gasteiger partial charge in [-0.25, -0.2) is 9.59 Å². The summed E-state index contributed by atoms with van der Waals surface area (Å²) in [6.07, 6.45) is 2.15. The molecule has 0 spiro atoms. The van der Waals surface area contributed by atoms with E-state index in [9.17, 15) is 28.8 Å². The average Bonchev–Trinajstić information content (AvgIpc) is 3.00. The van der Waals surface area contributed by atoms with Crippen LogP contribution in [0, 0.1) is 0 Å². The molecule has 0 unspecified atom stereocenters. The van der Waals surface area contributed by atoms with Gasteiger partial charge in [0.2, 0.25) is 0 Å². The van der Waals surface area contributed by atoms with Crippen molar-refractivity contribution in [1.29, 1.82) is 0 Å². The largest absolute Gasteiger partial charge is 0.452 e. The lowest BCUT2D eigenvalue weighted by Gasteiger charge is -2.08. The maximum absolute atomic E-state index is 10.7. The van der Waals surface area contributed by atoms with Gasteiger partial charge in [0, 0.05) is 24.3 Å². The molecule has 0 aromatic rings. The highest BCUT2D eigenvalue weighted by molar-refractivity contribution is 6.22. The standard InChI is InChI=1S/2C6H5NO4/c2*1-11-6(10)7-4(8)2-3-5(7)9/h2*2-3H,1H3. The van der Waals surface area contributed by atoms with Crippen molar-refractivity contribution < 1.29 is 38.2 Å². The first-order valence-corrected chi connectivity index (χ1v) is 5.61. The Kier molecular flexibility index (Phi) is 5.27. The number of rotatable bonds is 0. The lowest BCUT2D eigenvalue weighted by Crippen LogP contribution is -2.35. The molecule has 2 rings (SSSR count). The van der Waals surface area contributed by atoms with E-state index in [0.29, 0.717) is 9.80 Å². The predicted octanol–water partition coefficient (Wildman–Crippen LogP) is -0.644. The highest BCUT2D eigenvalue weighted by atomic mass is 16.5. The van der Waals surface area contributed by atoms with E-state index in [0.717, 1.165) is 38.5 Å². The highest BCUT2D eigenvalue weighted by Crippen LogP contribution is 2.05. The van der Waals surface area contributed by atoms with Gasteiger partial charge in [0.05, 0.1) is 14.2 Å². The van der Waals surface area contributed by atoms with Crippen LogP contribution < -0.4 is 0 Å². The molecular formula is C12H10N2O8. The lowest BCUT2D eigenvalue weighted by molar-refractivity contribution is -0.136. The second kappa shape index (κ2) is 6.92. The Bertz CT molecular complexity index is 529. The first-order chi connectivity index (χ1) is 10.3. The van der Waals surface area contributed by atoms with Crippen molar-refractivity contribution in [2.45, 2.75) is 0 Å². The third kappa shape index (κ3) is 3.42. The van der Waals surface area contributed by atoms with Gasteiger partial charge in [-0.15, -0.1) is 0 Å². The zero-order valence-corrected chi connectivity index (χ0v) is 11.5. The minimum absolute atomic E-state index is 0.417. The Morgan fingerprint density at radius 3 is 1.09 bits per heavy atom. The van der Waals surface area contributed by atoms with E-state index in [2.05, 4.69) is 9.47 Å². The maximum atomic E-state index is 10.7. The number of amides is 6. The number of methoxy groups -OCH3 is 2. The molecular weight excluding hydrogens is 300 g/mol. The van der Waals surface area contributed by atoms with Crippen LogP contribution in [-0.4, -0.2) is 59.8 Å². The summed E-state index contributed by atoms with van der Waals surface area (Å²) in [4.78, 5) is 65.0. The predicted molar refractivity (Wildman–Crippen MR) is 66.8 cm³/mol. The van der Waals surface area contributed by atoms with Gasteiger partial charge in [-0.05, 0) is 0 Å². The van der Waals surface area contributed by atoms with Gasteiger partial charge < -0.3 is 9.47 Å². The molecule has 0 fully saturated rings. The summed E-state index contributed by atoms with van der Waals surface area (Å²) < 4.78 is 8.36. The number of hydrogen-bond acceptors (Lipinski definition) is 8. The first-order valence-electron chi connectivity index (χ1n) is 5.61. The summed E-state index contributed by atoms with van der Waals surface area (Å²) in [6, 6.07) is 0. The van der Waals surface area contributed by atoms with Crippen LogP contribution in [0.25, 0.3) is 0 Å². The molecule has 2 aliphatic rings. The monoisotopic (exact) mass is 310 g/mol. The van der Waals surface area contributed by atoms with Crippen molar-refractivity contribution in [3.63, 3.8) is 0 Å². The molecule has 0 aromatic heterocycles. The van der Waals surface area contributed by atoms with Crippen LogP contribution >= 0.6 is 0 Å². The molecule has 0 radical (unpaired) electrons. The third-order valence-electron chi connectivity index (χ3n) is 2.33. The van der Waals surface area contributed by atoms with Gasteiger partial charge in [0.1, 0.15) is 0 Å². The van der Waals surface area contributed by atoms with Crippen LogP contribution in [0.3, 0.4) is 0 Å². The van der Waals surface area contributed by atoms with E-state index >= 15 is 0 Å². The first kappa shape index (κ1) is 16.8. The zero-order valence-electron chi connectivity index (χ0n) is 11.5. The normalized spacial score (nSPS) is 15.9. The SMILES string of the molecule is COC(=O)N1C(=O)C=CC1=O.COC(=O)N1C(=O)C=CC1=O. The molecule has 0 aromatic carbocycles. The van der Waals surface area contributed by atoms with E-state index in [4.69, 9.17) is 0 Å². The Labute approximate surface area is 123 Å². The van der Waals surface area contributed by atoms with E-state index < -0.39 is 35.8 Å². The molecule has 0 saturated heterocycles. The number of carbonyl (C=O) groups excluding carboxylic acids is 6. The minimum atomic E-state index is -0.954. The zero-order chi connectivity index (χ0) is 16.9. The van der Waals surface area contributed by atoms with E-state index in [1.807, 2.05) is 0 Å². The topological polar surface area (TPSA) is 127 Å². The van der Waals surface area contributed by atoms with Crippen LogP contribution in [0.2, 0.25) is 0 Å². The quantitative estimate of drug-likeness (QED) is 0.540. The molecule has 0 aliphatic carbocycles. The second-order valence-electron chi connectivity index (χ2n) is 3.63. The molecule has 22 heavy (non-hydrogen) atoms. The molecule has 0 N–H and O–H groups in total. The Balaban J connectivity index is 0.000000220. The van der Waals surface area contributed by atoms with Gasteiger partial charge in [-0.1, -0.05) is 0 Å². The van der Waals surface area contributed by atoms with Crippen molar-refractivity contribution in [3.8, 4) is 0 Å². The number of nitrogens with zero attached hydrogens (tertiary/aromatic N) is 2. The molecule has 0 saturated carbocycles. The summed E-state index contributed by atoms with van der Waals surface area (Å²) in [5.74, 6) is -2.66. The molecule has 10 nitrogen and oxygen atoms in total. The summed E-state index contributed by atoms with van der Waals surface area (Å²) in [5.41, 5.74) is 0. The van der Waals surface area contributed by atoms with Gasteiger partial charge in [-0.2, -0.15) is 9.80 Å². The Morgan fingerprint density at radius 1 is 0.682 bits per heavy atom. The van der Waals surface area contributed by atoms with Crippen LogP contribution in [-0.2, 0) is 28.7 Å². The van der Waals surface area contributed by atoms with Crippen LogP contribution in [0.5, 0.6) is 0 Å². The molecule has 6 amide bonds. The number of imide groups is 6. The fourth-order valence-corrected chi connectivity index (χ4v) is 1.34. The van der Waals surface area contributed by atoms with Gasteiger partial charge >= 0.3 is 12.2 Å². The van der Waals surface area contributed by atoms with Crippen LogP contribution in [0.4, 0.5) is 9.59 Å². The van der Waals surface area contributed by atoms with Crippen molar-refractivity contribution in [2.75, 3.05) is 14.2 Å². The molecule has 2 aliphatic heterocycles. The summed E-state index contributed by atoms with van der Waals surface area (Å²) >= 11 is 0. The summed E-state index contributed by atoms with van der Waals surface area (Å²) in [7, 11) is 2.20. The van der Waals surface area contributed by atoms with E-state index in [1.165, 1.54) is 0 Å². The van der Waals surface area contributed by atoms with Gasteiger partial charge in [0.25, 0.3) is 23.6 Å². The smallest absolute Gasteiger partial charge is 0.423 e. The van der Waals surface area contributed by atoms with E-state index in [1.54, 1.807) is 0 Å². The molecule has 10 heteroatoms. The van der Waals surface area contributed by atoms with Crippen molar-refractivity contribution in [2.24, 2.45) is 0 Å². The molecule has 0 bridgehead atoms. The van der Waals surface area contributed by atoms with Crippen LogP contribution in [0.1, 0.15) is 0 Å². The van der Waals surface area contributed by atoms with E-state index in [-0.39, 0.29) is 0 Å². The number of hydrogen-bond donors (Lipinski definition) is 0. The summed E-state index contributed by atoms with van der Waals surface area (Å²) in [6.45, 7) is 0. The van der Waals surface area contributed by atoms with Crippen molar-refractivity contribution in [3.05, 3.63) is 24.3 Å². The van der Waals surface area contributed by atoms with Gasteiger partial charge in [-0.3, -0.25) is 19.2 Å². The van der Waals surface area contributed by atoms with Crippen molar-refractivity contribution >= 4 is 35.8 Å². The number of ether oxygens (including phenoxy) is 2. The second-order valence-corrected chi connectivity index (χ2v) is 3.63. The molecule has 2 heterocycles. The van der Waals surface area contributed by atoms with Gasteiger partial charge in [0.15, 0.2) is 0 Å². The van der Waals surface area contributed by atoms with Crippen molar-refractivity contribution in [1.82, 2.24) is 9.80 Å². The fourth-order valence-electron chi connectivity index (χ4n) is 1.34. The number of carbonyl (C=O) groups is 6. The fraction of sp³-hybridized carbons (Fsp3) is 0.167. The van der Waals surface area contributed by atoms with Crippen LogP contribution in [0.15, 0.2) is 24.3 Å². The third-order valence-corrected chi connectivity index (χ3v) is 2.33. The Hall–Kier alpha value is -3.30. The Morgan fingerprint density at radius 2 is 0.909 bits per heavy atom. The highest BCUT2D eigenvalue weighted by Gasteiger charge is 2.31. The minimum Gasteiger partial charge on any atom is -0.452 e. The maximum Gasteiger partial charge on any atom is 0.423 e. The summed E-state index contributed by atoms with van der Waals surface area (Å²) in [5, 5.41) is 0. The molecule has 116 valence electrons. The lowest BCUT2D eigenvalue weighted by atomic mass is 10.6. The average molecular weight is 310 g/mol. The molecule has 0 atom stereocenters.